The molecule has 1 aromatic heterocycles. The molecule has 94 valence electrons. The maximum atomic E-state index is 12.5. The fourth-order valence-electron chi connectivity index (χ4n) is 2.07. The Bertz CT molecular complexity index is 580. The molecule has 2 rings (SSSR count). The van der Waals surface area contributed by atoms with Gasteiger partial charge in [0.2, 0.25) is 5.78 Å². The molecule has 0 aliphatic carbocycles. The van der Waals surface area contributed by atoms with E-state index in [1.165, 1.54) is 7.11 Å². The van der Waals surface area contributed by atoms with Crippen molar-refractivity contribution in [2.75, 3.05) is 7.11 Å². The molecular formula is C14H16N2O2. The summed E-state index contributed by atoms with van der Waals surface area (Å²) in [7, 11) is 3.27. The van der Waals surface area contributed by atoms with Gasteiger partial charge in [-0.1, -0.05) is 17.2 Å². The number of aromatic nitrogens is 2. The summed E-state index contributed by atoms with van der Waals surface area (Å²) in [4.78, 5) is 12.5. The minimum absolute atomic E-state index is 0.0707. The van der Waals surface area contributed by atoms with Crippen LogP contribution in [0.2, 0.25) is 0 Å². The van der Waals surface area contributed by atoms with Gasteiger partial charge in [-0.2, -0.15) is 5.10 Å². The molecule has 0 saturated carbocycles. The van der Waals surface area contributed by atoms with Crippen molar-refractivity contribution in [3.8, 4) is 5.75 Å². The minimum Gasteiger partial charge on any atom is -0.493 e. The van der Waals surface area contributed by atoms with Gasteiger partial charge in [0.1, 0.15) is 0 Å². The van der Waals surface area contributed by atoms with Crippen LogP contribution in [-0.4, -0.2) is 22.7 Å². The number of carbonyl (C=O) groups excluding carboxylic acids is 1. The third-order valence-electron chi connectivity index (χ3n) is 2.82. The van der Waals surface area contributed by atoms with Crippen molar-refractivity contribution in [2.24, 2.45) is 7.05 Å². The summed E-state index contributed by atoms with van der Waals surface area (Å²) in [5.41, 5.74) is 3.27. The molecule has 0 spiro atoms. The molecule has 0 saturated heterocycles. The van der Waals surface area contributed by atoms with Gasteiger partial charge in [-0.25, -0.2) is 0 Å². The molecule has 1 heterocycles. The number of aryl methyl sites for hydroxylation is 3. The Labute approximate surface area is 106 Å². The molecule has 0 radical (unpaired) electrons. The molecule has 4 nitrogen and oxygen atoms in total. The molecule has 1 aromatic carbocycles. The SMILES string of the molecule is COc1cnn(C)c1C(=O)c1cc(C)cc(C)c1. The number of benzene rings is 1. The van der Waals surface area contributed by atoms with Crippen LogP contribution in [0.25, 0.3) is 0 Å². The number of methoxy groups -OCH3 is 1. The molecule has 0 bridgehead atoms. The number of ether oxygens (including phenoxy) is 1. The van der Waals surface area contributed by atoms with Crippen molar-refractivity contribution in [3.05, 3.63) is 46.8 Å². The molecule has 0 atom stereocenters. The van der Waals surface area contributed by atoms with Gasteiger partial charge >= 0.3 is 0 Å². The summed E-state index contributed by atoms with van der Waals surface area (Å²) < 4.78 is 6.71. The van der Waals surface area contributed by atoms with Crippen LogP contribution < -0.4 is 4.74 Å². The van der Waals surface area contributed by atoms with Crippen molar-refractivity contribution >= 4 is 5.78 Å². The fraction of sp³-hybridized carbons (Fsp3) is 0.286. The second kappa shape index (κ2) is 4.64. The van der Waals surface area contributed by atoms with E-state index < -0.39 is 0 Å². The van der Waals surface area contributed by atoms with Crippen LogP contribution in [0.15, 0.2) is 24.4 Å². The Balaban J connectivity index is 2.50. The zero-order chi connectivity index (χ0) is 13.3. The van der Waals surface area contributed by atoms with E-state index in [4.69, 9.17) is 4.74 Å². The molecule has 4 heteroatoms. The first-order chi connectivity index (χ1) is 8.52. The van der Waals surface area contributed by atoms with Gasteiger partial charge in [-0.05, 0) is 26.0 Å². The Hall–Kier alpha value is -2.10. The second-order valence-corrected chi connectivity index (χ2v) is 4.39. The van der Waals surface area contributed by atoms with Gasteiger partial charge in [0.05, 0.1) is 13.3 Å². The average Bonchev–Trinajstić information content (AvgIpc) is 2.68. The number of ketones is 1. The number of hydrogen-bond donors (Lipinski definition) is 0. The minimum atomic E-state index is -0.0707. The van der Waals surface area contributed by atoms with Crippen molar-refractivity contribution < 1.29 is 9.53 Å². The van der Waals surface area contributed by atoms with E-state index in [9.17, 15) is 4.79 Å². The molecule has 0 N–H and O–H groups in total. The van der Waals surface area contributed by atoms with Crippen molar-refractivity contribution in [1.82, 2.24) is 9.78 Å². The number of rotatable bonds is 3. The van der Waals surface area contributed by atoms with E-state index >= 15 is 0 Å². The average molecular weight is 244 g/mol. The third-order valence-corrected chi connectivity index (χ3v) is 2.82. The highest BCUT2D eigenvalue weighted by Crippen LogP contribution is 2.21. The van der Waals surface area contributed by atoms with Crippen LogP contribution in [0, 0.1) is 13.8 Å². The summed E-state index contributed by atoms with van der Waals surface area (Å²) in [5.74, 6) is 0.431. The lowest BCUT2D eigenvalue weighted by Crippen LogP contribution is -2.10. The van der Waals surface area contributed by atoms with Gasteiger partial charge in [0.15, 0.2) is 11.4 Å². The van der Waals surface area contributed by atoms with Crippen LogP contribution >= 0.6 is 0 Å². The van der Waals surface area contributed by atoms with Crippen LogP contribution in [-0.2, 0) is 7.05 Å². The van der Waals surface area contributed by atoms with Gasteiger partial charge in [-0.3, -0.25) is 9.48 Å². The highest BCUT2D eigenvalue weighted by Gasteiger charge is 2.19. The Kier molecular flexibility index (Phi) is 3.19. The first-order valence-electron chi connectivity index (χ1n) is 5.72. The van der Waals surface area contributed by atoms with E-state index in [1.807, 2.05) is 32.0 Å². The summed E-state index contributed by atoms with van der Waals surface area (Å²) in [6.07, 6.45) is 1.55. The van der Waals surface area contributed by atoms with Crippen LogP contribution in [0.4, 0.5) is 0 Å². The largest absolute Gasteiger partial charge is 0.493 e. The van der Waals surface area contributed by atoms with E-state index in [0.29, 0.717) is 17.0 Å². The normalized spacial score (nSPS) is 10.4. The zero-order valence-corrected chi connectivity index (χ0v) is 11.0. The van der Waals surface area contributed by atoms with Crippen molar-refractivity contribution in [1.29, 1.82) is 0 Å². The Morgan fingerprint density at radius 2 is 1.83 bits per heavy atom. The van der Waals surface area contributed by atoms with E-state index in [2.05, 4.69) is 5.10 Å². The van der Waals surface area contributed by atoms with Gasteiger partial charge in [0.25, 0.3) is 0 Å². The molecule has 0 fully saturated rings. The predicted molar refractivity (Wildman–Crippen MR) is 69.1 cm³/mol. The lowest BCUT2D eigenvalue weighted by atomic mass is 10.0. The molecule has 0 aliphatic heterocycles. The van der Waals surface area contributed by atoms with Gasteiger partial charge in [0, 0.05) is 12.6 Å². The molecule has 2 aromatic rings. The quantitative estimate of drug-likeness (QED) is 0.778. The molecule has 0 amide bonds. The smallest absolute Gasteiger partial charge is 0.214 e. The fourth-order valence-corrected chi connectivity index (χ4v) is 2.07. The summed E-state index contributed by atoms with van der Waals surface area (Å²) in [5, 5.41) is 4.05. The van der Waals surface area contributed by atoms with Crippen LogP contribution in [0.1, 0.15) is 27.2 Å². The molecule has 0 unspecified atom stereocenters. The summed E-state index contributed by atoms with van der Waals surface area (Å²) >= 11 is 0. The topological polar surface area (TPSA) is 44.1 Å². The Morgan fingerprint density at radius 1 is 1.22 bits per heavy atom. The maximum Gasteiger partial charge on any atom is 0.214 e. The van der Waals surface area contributed by atoms with E-state index in [-0.39, 0.29) is 5.78 Å². The van der Waals surface area contributed by atoms with Crippen molar-refractivity contribution in [3.63, 3.8) is 0 Å². The lowest BCUT2D eigenvalue weighted by molar-refractivity contribution is 0.102. The number of carbonyl (C=O) groups is 1. The predicted octanol–water partition coefficient (Wildman–Crippen LogP) is 2.28. The second-order valence-electron chi connectivity index (χ2n) is 4.39. The van der Waals surface area contributed by atoms with Crippen LogP contribution in [0.3, 0.4) is 0 Å². The molecule has 0 aliphatic rings. The molecule has 18 heavy (non-hydrogen) atoms. The maximum absolute atomic E-state index is 12.5. The van der Waals surface area contributed by atoms with Gasteiger partial charge < -0.3 is 4.74 Å². The zero-order valence-electron chi connectivity index (χ0n) is 11.0. The first kappa shape index (κ1) is 12.4. The first-order valence-corrected chi connectivity index (χ1v) is 5.72. The monoisotopic (exact) mass is 244 g/mol. The Morgan fingerprint density at radius 3 is 2.39 bits per heavy atom. The summed E-state index contributed by atoms with van der Waals surface area (Å²) in [6.45, 7) is 3.95. The highest BCUT2D eigenvalue weighted by molar-refractivity contribution is 6.09. The van der Waals surface area contributed by atoms with Crippen LogP contribution in [0.5, 0.6) is 5.75 Å². The van der Waals surface area contributed by atoms with Gasteiger partial charge in [-0.15, -0.1) is 0 Å². The number of hydrogen-bond acceptors (Lipinski definition) is 3. The molecular weight excluding hydrogens is 228 g/mol. The van der Waals surface area contributed by atoms with E-state index in [1.54, 1.807) is 17.9 Å². The number of nitrogens with zero attached hydrogens (tertiary/aromatic N) is 2. The highest BCUT2D eigenvalue weighted by atomic mass is 16.5. The van der Waals surface area contributed by atoms with Crippen molar-refractivity contribution in [2.45, 2.75) is 13.8 Å². The lowest BCUT2D eigenvalue weighted by Gasteiger charge is -2.06. The standard InChI is InChI=1S/C14H16N2O2/c1-9-5-10(2)7-11(6-9)14(17)13-12(18-4)8-15-16(13)3/h5-8H,1-4H3. The third kappa shape index (κ3) is 2.14. The van der Waals surface area contributed by atoms with E-state index in [0.717, 1.165) is 11.1 Å². The summed E-state index contributed by atoms with van der Waals surface area (Å²) in [6, 6.07) is 5.79.